The summed E-state index contributed by atoms with van der Waals surface area (Å²) in [5, 5.41) is 9.79. The van der Waals surface area contributed by atoms with E-state index in [-0.39, 0.29) is 6.04 Å². The monoisotopic (exact) mass is 315 g/mol. The molecule has 0 fully saturated rings. The van der Waals surface area contributed by atoms with Gasteiger partial charge in [0, 0.05) is 16.0 Å². The van der Waals surface area contributed by atoms with Crippen LogP contribution in [0.2, 0.25) is 5.02 Å². The van der Waals surface area contributed by atoms with Gasteiger partial charge >= 0.3 is 6.09 Å². The molecule has 1 heterocycles. The van der Waals surface area contributed by atoms with Crippen molar-refractivity contribution in [2.75, 3.05) is 6.54 Å². The van der Waals surface area contributed by atoms with Gasteiger partial charge in [0.15, 0.2) is 0 Å². The SMILES string of the molecule is O=C(O)N1CC=CCC1c1cc(Cl)ccc1Br. The van der Waals surface area contributed by atoms with Crippen molar-refractivity contribution < 1.29 is 9.90 Å². The molecule has 5 heteroatoms. The minimum atomic E-state index is -0.911. The molecule has 1 aromatic carbocycles. The zero-order valence-electron chi connectivity index (χ0n) is 8.94. The Morgan fingerprint density at radius 3 is 2.94 bits per heavy atom. The van der Waals surface area contributed by atoms with Crippen LogP contribution in [0.5, 0.6) is 0 Å². The van der Waals surface area contributed by atoms with E-state index in [4.69, 9.17) is 11.6 Å². The summed E-state index contributed by atoms with van der Waals surface area (Å²) >= 11 is 9.40. The van der Waals surface area contributed by atoms with Crippen LogP contribution < -0.4 is 0 Å². The second-order valence-corrected chi connectivity index (χ2v) is 5.11. The van der Waals surface area contributed by atoms with Gasteiger partial charge < -0.3 is 5.11 Å². The number of benzene rings is 1. The fraction of sp³-hybridized carbons (Fsp3) is 0.250. The molecule has 0 spiro atoms. The third-order valence-electron chi connectivity index (χ3n) is 2.77. The van der Waals surface area contributed by atoms with Gasteiger partial charge in [0.1, 0.15) is 0 Å². The van der Waals surface area contributed by atoms with Gasteiger partial charge in [-0.05, 0) is 30.2 Å². The van der Waals surface area contributed by atoms with E-state index in [1.54, 1.807) is 6.07 Å². The van der Waals surface area contributed by atoms with Crippen LogP contribution in [0, 0.1) is 0 Å². The van der Waals surface area contributed by atoms with Crippen LogP contribution in [-0.4, -0.2) is 22.6 Å². The molecular formula is C12H11BrClNO2. The molecule has 90 valence electrons. The highest BCUT2D eigenvalue weighted by molar-refractivity contribution is 9.10. The van der Waals surface area contributed by atoms with Gasteiger partial charge in [-0.2, -0.15) is 0 Å². The average molecular weight is 317 g/mol. The number of halogens is 2. The number of hydrogen-bond donors (Lipinski definition) is 1. The predicted octanol–water partition coefficient (Wildman–Crippen LogP) is 4.08. The maximum Gasteiger partial charge on any atom is 0.408 e. The van der Waals surface area contributed by atoms with Gasteiger partial charge in [-0.25, -0.2) is 4.79 Å². The van der Waals surface area contributed by atoms with E-state index in [2.05, 4.69) is 15.9 Å². The van der Waals surface area contributed by atoms with Crippen molar-refractivity contribution in [2.24, 2.45) is 0 Å². The van der Waals surface area contributed by atoms with E-state index in [0.29, 0.717) is 18.0 Å². The molecule has 1 aliphatic rings. The highest BCUT2D eigenvalue weighted by atomic mass is 79.9. The van der Waals surface area contributed by atoms with Crippen molar-refractivity contribution in [1.29, 1.82) is 0 Å². The Hall–Kier alpha value is -1.000. The van der Waals surface area contributed by atoms with Crippen LogP contribution in [0.15, 0.2) is 34.8 Å². The first-order valence-electron chi connectivity index (χ1n) is 5.19. The Kier molecular flexibility index (Phi) is 3.74. The fourth-order valence-electron chi connectivity index (χ4n) is 1.94. The van der Waals surface area contributed by atoms with Gasteiger partial charge in [-0.3, -0.25) is 4.90 Å². The number of carbonyl (C=O) groups is 1. The summed E-state index contributed by atoms with van der Waals surface area (Å²) in [5.41, 5.74) is 0.907. The van der Waals surface area contributed by atoms with Gasteiger partial charge in [0.2, 0.25) is 0 Å². The van der Waals surface area contributed by atoms with E-state index in [0.717, 1.165) is 10.0 Å². The summed E-state index contributed by atoms with van der Waals surface area (Å²) in [4.78, 5) is 12.6. The van der Waals surface area contributed by atoms with Crippen molar-refractivity contribution in [3.05, 3.63) is 45.4 Å². The molecular weight excluding hydrogens is 305 g/mol. The summed E-state index contributed by atoms with van der Waals surface area (Å²) in [6, 6.07) is 5.26. The molecule has 0 saturated carbocycles. The van der Waals surface area contributed by atoms with Gasteiger partial charge in [0.25, 0.3) is 0 Å². The van der Waals surface area contributed by atoms with Crippen molar-refractivity contribution in [2.45, 2.75) is 12.5 Å². The Morgan fingerprint density at radius 2 is 2.24 bits per heavy atom. The Balaban J connectivity index is 2.40. The van der Waals surface area contributed by atoms with E-state index in [1.165, 1.54) is 4.90 Å². The van der Waals surface area contributed by atoms with Crippen molar-refractivity contribution in [3.63, 3.8) is 0 Å². The lowest BCUT2D eigenvalue weighted by molar-refractivity contribution is 0.128. The van der Waals surface area contributed by atoms with Crippen molar-refractivity contribution in [1.82, 2.24) is 4.90 Å². The normalized spacial score (nSPS) is 19.4. The quantitative estimate of drug-likeness (QED) is 0.793. The van der Waals surface area contributed by atoms with Crippen LogP contribution >= 0.6 is 27.5 Å². The largest absolute Gasteiger partial charge is 0.465 e. The Morgan fingerprint density at radius 1 is 1.47 bits per heavy atom. The molecule has 1 amide bonds. The summed E-state index contributed by atoms with van der Waals surface area (Å²) in [6.45, 7) is 0.416. The van der Waals surface area contributed by atoms with Gasteiger partial charge in [-0.15, -0.1) is 0 Å². The highest BCUT2D eigenvalue weighted by Gasteiger charge is 2.26. The molecule has 0 aliphatic carbocycles. The van der Waals surface area contributed by atoms with Crippen LogP contribution in [0.4, 0.5) is 4.79 Å². The molecule has 0 saturated heterocycles. The lowest BCUT2D eigenvalue weighted by Gasteiger charge is -2.31. The molecule has 0 bridgehead atoms. The molecule has 1 unspecified atom stereocenters. The molecule has 0 aromatic heterocycles. The first kappa shape index (κ1) is 12.5. The summed E-state index contributed by atoms with van der Waals surface area (Å²) in [5.74, 6) is 0. The zero-order chi connectivity index (χ0) is 12.4. The standard InChI is InChI=1S/C12H11BrClNO2/c13-10-5-4-8(14)7-9(10)11-3-1-2-6-15(11)12(16)17/h1-2,4-5,7,11H,3,6H2,(H,16,17). The molecule has 1 atom stereocenters. The van der Waals surface area contributed by atoms with Gasteiger partial charge in [0.05, 0.1) is 6.04 Å². The molecule has 17 heavy (non-hydrogen) atoms. The number of amides is 1. The average Bonchev–Trinajstić information content (AvgIpc) is 2.32. The molecule has 1 aliphatic heterocycles. The lowest BCUT2D eigenvalue weighted by atomic mass is 9.99. The smallest absolute Gasteiger partial charge is 0.408 e. The van der Waals surface area contributed by atoms with Crippen molar-refractivity contribution in [3.8, 4) is 0 Å². The second kappa shape index (κ2) is 5.10. The third-order valence-corrected chi connectivity index (χ3v) is 3.72. The number of nitrogens with zero attached hydrogens (tertiary/aromatic N) is 1. The van der Waals surface area contributed by atoms with Crippen LogP contribution in [0.3, 0.4) is 0 Å². The Bertz CT molecular complexity index is 476. The predicted molar refractivity (Wildman–Crippen MR) is 70.4 cm³/mol. The fourth-order valence-corrected chi connectivity index (χ4v) is 2.64. The number of carboxylic acid groups (broad SMARTS) is 1. The third kappa shape index (κ3) is 2.64. The second-order valence-electron chi connectivity index (χ2n) is 3.82. The van der Waals surface area contributed by atoms with Gasteiger partial charge in [-0.1, -0.05) is 39.7 Å². The highest BCUT2D eigenvalue weighted by Crippen LogP contribution is 2.34. The first-order chi connectivity index (χ1) is 8.09. The van der Waals surface area contributed by atoms with Crippen LogP contribution in [0.25, 0.3) is 0 Å². The lowest BCUT2D eigenvalue weighted by Crippen LogP contribution is -2.35. The summed E-state index contributed by atoms with van der Waals surface area (Å²) in [6.07, 6.45) is 3.62. The zero-order valence-corrected chi connectivity index (χ0v) is 11.3. The topological polar surface area (TPSA) is 40.5 Å². The first-order valence-corrected chi connectivity index (χ1v) is 6.36. The minimum Gasteiger partial charge on any atom is -0.465 e. The number of hydrogen-bond acceptors (Lipinski definition) is 1. The van der Waals surface area contributed by atoms with E-state index < -0.39 is 6.09 Å². The van der Waals surface area contributed by atoms with E-state index in [9.17, 15) is 9.90 Å². The van der Waals surface area contributed by atoms with E-state index >= 15 is 0 Å². The van der Waals surface area contributed by atoms with E-state index in [1.807, 2.05) is 24.3 Å². The van der Waals surface area contributed by atoms with Crippen LogP contribution in [0.1, 0.15) is 18.0 Å². The minimum absolute atomic E-state index is 0.175. The molecule has 1 aromatic rings. The maximum absolute atomic E-state index is 11.2. The van der Waals surface area contributed by atoms with Crippen molar-refractivity contribution >= 4 is 33.6 Å². The number of rotatable bonds is 1. The molecule has 1 N–H and O–H groups in total. The summed E-state index contributed by atoms with van der Waals surface area (Å²) in [7, 11) is 0. The molecule has 0 radical (unpaired) electrons. The maximum atomic E-state index is 11.2. The summed E-state index contributed by atoms with van der Waals surface area (Å²) < 4.78 is 0.883. The Labute approximate surface area is 113 Å². The molecule has 2 rings (SSSR count). The molecule has 3 nitrogen and oxygen atoms in total. The van der Waals surface area contributed by atoms with Crippen LogP contribution in [-0.2, 0) is 0 Å².